The third kappa shape index (κ3) is 5.49. The van der Waals surface area contributed by atoms with Crippen LogP contribution < -0.4 is 20.1 Å². The van der Waals surface area contributed by atoms with E-state index in [4.69, 9.17) is 13.9 Å². The highest BCUT2D eigenvalue weighted by molar-refractivity contribution is 7.13. The number of methoxy groups -OCH3 is 1. The lowest BCUT2D eigenvalue weighted by Gasteiger charge is -2.12. The fraction of sp³-hybridized carbons (Fsp3) is 0.263. The lowest BCUT2D eigenvalue weighted by atomic mass is 10.3. The fourth-order valence-corrected chi connectivity index (χ4v) is 2.96. The highest BCUT2D eigenvalue weighted by Gasteiger charge is 2.08. The van der Waals surface area contributed by atoms with Crippen LogP contribution in [0.2, 0.25) is 0 Å². The smallest absolute Gasteiger partial charge is 0.236 e. The van der Waals surface area contributed by atoms with Gasteiger partial charge in [0.15, 0.2) is 5.96 Å². The van der Waals surface area contributed by atoms with Crippen LogP contribution in [0.4, 0.5) is 0 Å². The van der Waals surface area contributed by atoms with Gasteiger partial charge in [0, 0.05) is 7.05 Å². The molecule has 0 fully saturated rings. The molecule has 27 heavy (non-hydrogen) atoms. The Kier molecular flexibility index (Phi) is 6.70. The summed E-state index contributed by atoms with van der Waals surface area (Å²) in [5.74, 6) is 2.91. The molecule has 0 aliphatic rings. The summed E-state index contributed by atoms with van der Waals surface area (Å²) < 4.78 is 16.3. The maximum absolute atomic E-state index is 5.68. The maximum atomic E-state index is 5.68. The van der Waals surface area contributed by atoms with Gasteiger partial charge in [-0.15, -0.1) is 11.3 Å². The first-order valence-electron chi connectivity index (χ1n) is 8.48. The quantitative estimate of drug-likeness (QED) is 0.352. The predicted octanol–water partition coefficient (Wildman–Crippen LogP) is 3.16. The lowest BCUT2D eigenvalue weighted by molar-refractivity contribution is 0.321. The van der Waals surface area contributed by atoms with Crippen LogP contribution in [0.3, 0.4) is 0 Å². The Morgan fingerprint density at radius 3 is 2.70 bits per heavy atom. The van der Waals surface area contributed by atoms with Gasteiger partial charge in [-0.1, -0.05) is 6.07 Å². The summed E-state index contributed by atoms with van der Waals surface area (Å²) in [6.07, 6.45) is 1.65. The number of aliphatic imine (C=N–C) groups is 1. The monoisotopic (exact) mass is 386 g/mol. The average Bonchev–Trinajstić information content (AvgIpc) is 3.39. The summed E-state index contributed by atoms with van der Waals surface area (Å²) >= 11 is 1.60. The molecule has 0 atom stereocenters. The Morgan fingerprint density at radius 2 is 2.00 bits per heavy atom. The molecule has 0 unspecified atom stereocenters. The van der Waals surface area contributed by atoms with Gasteiger partial charge < -0.3 is 24.5 Å². The number of ether oxygens (including phenoxy) is 2. The van der Waals surface area contributed by atoms with E-state index in [1.807, 2.05) is 41.8 Å². The molecule has 2 N–H and O–H groups in total. The van der Waals surface area contributed by atoms with Crippen molar-refractivity contribution in [3.05, 3.63) is 53.7 Å². The van der Waals surface area contributed by atoms with Crippen LogP contribution in [0.25, 0.3) is 10.8 Å². The van der Waals surface area contributed by atoms with Crippen LogP contribution in [0.1, 0.15) is 5.69 Å². The molecule has 0 radical (unpaired) electrons. The number of aromatic nitrogens is 1. The van der Waals surface area contributed by atoms with Crippen molar-refractivity contribution in [2.24, 2.45) is 4.99 Å². The van der Waals surface area contributed by atoms with E-state index in [-0.39, 0.29) is 0 Å². The van der Waals surface area contributed by atoms with Crippen LogP contribution in [-0.4, -0.2) is 38.3 Å². The minimum Gasteiger partial charge on any atom is -0.497 e. The lowest BCUT2D eigenvalue weighted by Crippen LogP contribution is -2.38. The molecule has 8 heteroatoms. The van der Waals surface area contributed by atoms with E-state index in [2.05, 4.69) is 20.6 Å². The van der Waals surface area contributed by atoms with Crippen LogP contribution in [0.5, 0.6) is 11.5 Å². The molecule has 0 bridgehead atoms. The molecule has 1 aromatic carbocycles. The van der Waals surface area contributed by atoms with Crippen molar-refractivity contribution < 1.29 is 13.9 Å². The Hall–Kier alpha value is -3.00. The SMILES string of the molecule is CN=C(NCCOc1ccc(OC)cc1)NCc1coc(-c2cccs2)n1. The van der Waals surface area contributed by atoms with Gasteiger partial charge >= 0.3 is 0 Å². The van der Waals surface area contributed by atoms with Crippen LogP contribution in [0.15, 0.2) is 57.5 Å². The number of hydrogen-bond acceptors (Lipinski definition) is 6. The molecule has 7 nitrogen and oxygen atoms in total. The van der Waals surface area contributed by atoms with E-state index in [0.717, 1.165) is 22.1 Å². The van der Waals surface area contributed by atoms with E-state index in [9.17, 15) is 0 Å². The molecule has 0 spiro atoms. The molecule has 2 aromatic heterocycles. The Labute approximate surface area is 162 Å². The zero-order valence-electron chi connectivity index (χ0n) is 15.3. The van der Waals surface area contributed by atoms with Crippen LogP contribution >= 0.6 is 11.3 Å². The largest absolute Gasteiger partial charge is 0.497 e. The molecule has 142 valence electrons. The van der Waals surface area contributed by atoms with Crippen molar-refractivity contribution in [1.29, 1.82) is 0 Å². The van der Waals surface area contributed by atoms with Crippen molar-refractivity contribution in [3.8, 4) is 22.3 Å². The van der Waals surface area contributed by atoms with Gasteiger partial charge in [-0.2, -0.15) is 0 Å². The molecule has 2 heterocycles. The van der Waals surface area contributed by atoms with Gasteiger partial charge in [-0.05, 0) is 35.7 Å². The summed E-state index contributed by atoms with van der Waals surface area (Å²) in [6, 6.07) is 11.4. The third-order valence-corrected chi connectivity index (χ3v) is 4.52. The number of hydrogen-bond donors (Lipinski definition) is 2. The first kappa shape index (κ1) is 18.8. The van der Waals surface area contributed by atoms with Gasteiger partial charge in [0.05, 0.1) is 30.8 Å². The van der Waals surface area contributed by atoms with Crippen LogP contribution in [-0.2, 0) is 6.54 Å². The number of nitrogens with one attached hydrogen (secondary N) is 2. The maximum Gasteiger partial charge on any atom is 0.236 e. The predicted molar refractivity (Wildman–Crippen MR) is 107 cm³/mol. The summed E-state index contributed by atoms with van der Waals surface area (Å²) in [6.45, 7) is 1.65. The van der Waals surface area contributed by atoms with Crippen LogP contribution in [0, 0.1) is 0 Å². The second kappa shape index (κ2) is 9.63. The molecule has 3 aromatic rings. The number of oxazole rings is 1. The van der Waals surface area contributed by atoms with Gasteiger partial charge in [0.1, 0.15) is 24.4 Å². The van der Waals surface area contributed by atoms with E-state index >= 15 is 0 Å². The second-order valence-corrected chi connectivity index (χ2v) is 6.45. The summed E-state index contributed by atoms with van der Waals surface area (Å²) in [5, 5.41) is 8.40. The topological polar surface area (TPSA) is 80.9 Å². The summed E-state index contributed by atoms with van der Waals surface area (Å²) in [4.78, 5) is 9.68. The third-order valence-electron chi connectivity index (χ3n) is 3.67. The van der Waals surface area contributed by atoms with Crippen molar-refractivity contribution >= 4 is 17.3 Å². The minimum atomic E-state index is 0.513. The fourth-order valence-electron chi connectivity index (χ4n) is 2.31. The van der Waals surface area contributed by atoms with Crippen molar-refractivity contribution in [2.75, 3.05) is 27.3 Å². The minimum absolute atomic E-state index is 0.513. The number of guanidine groups is 1. The number of rotatable bonds is 8. The highest BCUT2D eigenvalue weighted by Crippen LogP contribution is 2.23. The summed E-state index contributed by atoms with van der Waals surface area (Å²) in [5.41, 5.74) is 0.816. The Balaban J connectivity index is 1.39. The highest BCUT2D eigenvalue weighted by atomic mass is 32.1. The standard InChI is InChI=1S/C19H22N4O3S/c1-20-19(21-9-10-25-16-7-5-15(24-2)6-8-16)22-12-14-13-26-18(23-14)17-4-3-11-27-17/h3-8,11,13H,9-10,12H2,1-2H3,(H2,20,21,22). The van der Waals surface area contributed by atoms with Crippen molar-refractivity contribution in [2.45, 2.75) is 6.54 Å². The van der Waals surface area contributed by atoms with E-state index in [1.165, 1.54) is 0 Å². The van der Waals surface area contributed by atoms with Crippen molar-refractivity contribution in [3.63, 3.8) is 0 Å². The number of benzene rings is 1. The van der Waals surface area contributed by atoms with Crippen molar-refractivity contribution in [1.82, 2.24) is 15.6 Å². The molecule has 3 rings (SSSR count). The zero-order valence-corrected chi connectivity index (χ0v) is 16.1. The average molecular weight is 386 g/mol. The molecular weight excluding hydrogens is 364 g/mol. The van der Waals surface area contributed by atoms with E-state index in [0.29, 0.717) is 31.5 Å². The van der Waals surface area contributed by atoms with Gasteiger partial charge in [0.25, 0.3) is 0 Å². The molecule has 0 amide bonds. The number of thiophene rings is 1. The summed E-state index contributed by atoms with van der Waals surface area (Å²) in [7, 11) is 3.36. The zero-order chi connectivity index (χ0) is 18.9. The Morgan fingerprint density at radius 1 is 1.19 bits per heavy atom. The second-order valence-electron chi connectivity index (χ2n) is 5.50. The molecule has 0 saturated carbocycles. The van der Waals surface area contributed by atoms with Gasteiger partial charge in [0.2, 0.25) is 5.89 Å². The molecule has 0 aliphatic carbocycles. The Bertz CT molecular complexity index is 844. The van der Waals surface area contributed by atoms with Gasteiger partial charge in [-0.25, -0.2) is 4.98 Å². The molecule has 0 saturated heterocycles. The van der Waals surface area contributed by atoms with E-state index < -0.39 is 0 Å². The molecular formula is C19H22N4O3S. The first-order chi connectivity index (χ1) is 13.3. The normalized spacial score (nSPS) is 11.3. The number of nitrogens with zero attached hydrogens (tertiary/aromatic N) is 2. The first-order valence-corrected chi connectivity index (χ1v) is 9.36. The molecule has 0 aliphatic heterocycles. The van der Waals surface area contributed by atoms with E-state index in [1.54, 1.807) is 31.8 Å². The van der Waals surface area contributed by atoms with Gasteiger partial charge in [-0.3, -0.25) is 4.99 Å².